The van der Waals surface area contributed by atoms with E-state index in [1.54, 1.807) is 25.1 Å². The summed E-state index contributed by atoms with van der Waals surface area (Å²) in [5.41, 5.74) is 0.809. The summed E-state index contributed by atoms with van der Waals surface area (Å²) < 4.78 is 17.6. The molecule has 0 spiro atoms. The number of rotatable bonds is 7. The Hall–Kier alpha value is -2.35. The van der Waals surface area contributed by atoms with Gasteiger partial charge in [0.1, 0.15) is 11.6 Å². The average molecular weight is 337 g/mol. The first-order valence-corrected chi connectivity index (χ1v) is 8.00. The maximum Gasteiger partial charge on any atom is 0.235 e. The Labute approximate surface area is 136 Å². The van der Waals surface area contributed by atoms with Gasteiger partial charge in [0.2, 0.25) is 11.8 Å². The lowest BCUT2D eigenvalue weighted by molar-refractivity contribution is -0.118. The number of carbonyl (C=O) groups is 2. The predicted octanol–water partition coefficient (Wildman–Crippen LogP) is 2.11. The van der Waals surface area contributed by atoms with Crippen LogP contribution in [0.2, 0.25) is 0 Å². The molecule has 0 saturated heterocycles. The van der Waals surface area contributed by atoms with Crippen LogP contribution in [0.1, 0.15) is 11.3 Å². The monoisotopic (exact) mass is 337 g/mol. The van der Waals surface area contributed by atoms with Crippen LogP contribution in [0.4, 0.5) is 10.2 Å². The first kappa shape index (κ1) is 17.0. The first-order chi connectivity index (χ1) is 11.0. The highest BCUT2D eigenvalue weighted by molar-refractivity contribution is 8.00. The normalized spacial score (nSPS) is 10.3. The molecule has 1 heterocycles. The summed E-state index contributed by atoms with van der Waals surface area (Å²) in [7, 11) is 0. The molecule has 23 heavy (non-hydrogen) atoms. The number of aryl methyl sites for hydroxylation is 1. The molecule has 122 valence electrons. The van der Waals surface area contributed by atoms with E-state index in [2.05, 4.69) is 15.8 Å². The van der Waals surface area contributed by atoms with Gasteiger partial charge < -0.3 is 15.2 Å². The van der Waals surface area contributed by atoms with Crippen LogP contribution in [0.25, 0.3) is 0 Å². The second-order valence-corrected chi connectivity index (χ2v) is 5.75. The quantitative estimate of drug-likeness (QED) is 0.808. The van der Waals surface area contributed by atoms with E-state index in [0.29, 0.717) is 18.1 Å². The Bertz CT molecular complexity index is 673. The van der Waals surface area contributed by atoms with Gasteiger partial charge in [-0.2, -0.15) is 0 Å². The zero-order valence-corrected chi connectivity index (χ0v) is 13.3. The Morgan fingerprint density at radius 1 is 1.22 bits per heavy atom. The van der Waals surface area contributed by atoms with E-state index in [-0.39, 0.29) is 29.1 Å². The summed E-state index contributed by atoms with van der Waals surface area (Å²) in [6, 6.07) is 7.50. The molecular formula is C15H16FN3O3S. The van der Waals surface area contributed by atoms with Gasteiger partial charge in [-0.05, 0) is 24.6 Å². The van der Waals surface area contributed by atoms with Crippen LogP contribution < -0.4 is 10.6 Å². The highest BCUT2D eigenvalue weighted by atomic mass is 32.2. The predicted molar refractivity (Wildman–Crippen MR) is 85.4 cm³/mol. The molecule has 0 unspecified atom stereocenters. The van der Waals surface area contributed by atoms with Gasteiger partial charge in [-0.15, -0.1) is 11.8 Å². The number of nitrogens with zero attached hydrogens (tertiary/aromatic N) is 1. The molecule has 2 rings (SSSR count). The first-order valence-electron chi connectivity index (χ1n) is 6.85. The van der Waals surface area contributed by atoms with Crippen molar-refractivity contribution < 1.29 is 18.5 Å². The molecule has 0 aliphatic rings. The van der Waals surface area contributed by atoms with Crippen molar-refractivity contribution in [3.05, 3.63) is 47.5 Å². The maximum atomic E-state index is 12.7. The number of benzene rings is 1. The number of halogens is 1. The number of carbonyl (C=O) groups excluding carboxylic acids is 2. The topological polar surface area (TPSA) is 84.2 Å². The Morgan fingerprint density at radius 3 is 2.57 bits per heavy atom. The fourth-order valence-electron chi connectivity index (χ4n) is 1.69. The molecule has 8 heteroatoms. The Balaban J connectivity index is 1.62. The van der Waals surface area contributed by atoms with Gasteiger partial charge in [-0.25, -0.2) is 4.39 Å². The van der Waals surface area contributed by atoms with E-state index >= 15 is 0 Å². The van der Waals surface area contributed by atoms with Gasteiger partial charge in [0.15, 0.2) is 5.82 Å². The van der Waals surface area contributed by atoms with Crippen LogP contribution in [0, 0.1) is 12.7 Å². The average Bonchev–Trinajstić information content (AvgIpc) is 2.91. The Morgan fingerprint density at radius 2 is 1.91 bits per heavy atom. The van der Waals surface area contributed by atoms with Crippen molar-refractivity contribution in [1.29, 1.82) is 0 Å². The standard InChI is InChI=1S/C15H16FN3O3S/c1-10-6-13(19-22-10)18-15(21)9-23-8-14(20)17-7-11-2-4-12(16)5-3-11/h2-6H,7-9H2,1H3,(H,17,20)(H,18,19,21). The van der Waals surface area contributed by atoms with E-state index in [0.717, 1.165) is 5.56 Å². The highest BCUT2D eigenvalue weighted by Gasteiger charge is 2.08. The van der Waals surface area contributed by atoms with E-state index < -0.39 is 0 Å². The lowest BCUT2D eigenvalue weighted by Crippen LogP contribution is -2.25. The van der Waals surface area contributed by atoms with Gasteiger partial charge in [-0.3, -0.25) is 9.59 Å². The van der Waals surface area contributed by atoms with Gasteiger partial charge in [0.25, 0.3) is 0 Å². The van der Waals surface area contributed by atoms with Crippen molar-refractivity contribution in [2.75, 3.05) is 16.8 Å². The van der Waals surface area contributed by atoms with Crippen LogP contribution in [-0.2, 0) is 16.1 Å². The van der Waals surface area contributed by atoms with Crippen LogP contribution in [-0.4, -0.2) is 28.5 Å². The molecule has 2 amide bonds. The fraction of sp³-hybridized carbons (Fsp3) is 0.267. The summed E-state index contributed by atoms with van der Waals surface area (Å²) >= 11 is 1.19. The molecule has 2 N–H and O–H groups in total. The van der Waals surface area contributed by atoms with Crippen molar-refractivity contribution in [1.82, 2.24) is 10.5 Å². The summed E-state index contributed by atoms with van der Waals surface area (Å²) in [6.07, 6.45) is 0. The second kappa shape index (κ2) is 8.33. The lowest BCUT2D eigenvalue weighted by Gasteiger charge is -2.05. The number of anilines is 1. The summed E-state index contributed by atoms with van der Waals surface area (Å²) in [4.78, 5) is 23.3. The van der Waals surface area contributed by atoms with Crippen LogP contribution in [0.15, 0.2) is 34.9 Å². The lowest BCUT2D eigenvalue weighted by atomic mass is 10.2. The van der Waals surface area contributed by atoms with E-state index in [1.807, 2.05) is 0 Å². The minimum Gasteiger partial charge on any atom is -0.360 e. The number of nitrogens with one attached hydrogen (secondary N) is 2. The van der Waals surface area contributed by atoms with E-state index in [4.69, 9.17) is 4.52 Å². The molecule has 1 aromatic carbocycles. The third-order valence-electron chi connectivity index (χ3n) is 2.76. The van der Waals surface area contributed by atoms with Crippen molar-refractivity contribution in [2.24, 2.45) is 0 Å². The summed E-state index contributed by atoms with van der Waals surface area (Å²) in [5.74, 6) is 0.493. The van der Waals surface area contributed by atoms with Gasteiger partial charge >= 0.3 is 0 Å². The molecule has 0 saturated carbocycles. The molecule has 0 bridgehead atoms. The minimum atomic E-state index is -0.316. The zero-order chi connectivity index (χ0) is 16.7. The van der Waals surface area contributed by atoms with Gasteiger partial charge in [0.05, 0.1) is 11.5 Å². The van der Waals surface area contributed by atoms with E-state index in [1.165, 1.54) is 23.9 Å². The summed E-state index contributed by atoms with van der Waals surface area (Å²) in [6.45, 7) is 2.05. The smallest absolute Gasteiger partial charge is 0.235 e. The second-order valence-electron chi connectivity index (χ2n) is 4.77. The van der Waals surface area contributed by atoms with Crippen molar-refractivity contribution in [3.8, 4) is 0 Å². The minimum absolute atomic E-state index is 0.135. The number of thioether (sulfide) groups is 1. The molecule has 2 aromatic rings. The largest absolute Gasteiger partial charge is 0.360 e. The molecule has 0 fully saturated rings. The molecule has 0 atom stereocenters. The Kier molecular flexibility index (Phi) is 6.16. The van der Waals surface area contributed by atoms with Gasteiger partial charge in [0, 0.05) is 12.6 Å². The zero-order valence-electron chi connectivity index (χ0n) is 12.5. The fourth-order valence-corrected chi connectivity index (χ4v) is 2.34. The number of amides is 2. The molecule has 0 aliphatic heterocycles. The van der Waals surface area contributed by atoms with Gasteiger partial charge in [-0.1, -0.05) is 17.3 Å². The van der Waals surface area contributed by atoms with Crippen molar-refractivity contribution in [2.45, 2.75) is 13.5 Å². The van der Waals surface area contributed by atoms with Crippen LogP contribution in [0.5, 0.6) is 0 Å². The summed E-state index contributed by atoms with van der Waals surface area (Å²) in [5, 5.41) is 8.92. The van der Waals surface area contributed by atoms with Crippen molar-refractivity contribution >= 4 is 29.4 Å². The van der Waals surface area contributed by atoms with Crippen LogP contribution >= 0.6 is 11.8 Å². The molecular weight excluding hydrogens is 321 g/mol. The number of hydrogen-bond acceptors (Lipinski definition) is 5. The van der Waals surface area contributed by atoms with Crippen LogP contribution in [0.3, 0.4) is 0 Å². The third kappa shape index (κ3) is 6.11. The molecule has 0 aliphatic carbocycles. The molecule has 0 radical (unpaired) electrons. The number of aromatic nitrogens is 1. The maximum absolute atomic E-state index is 12.7. The highest BCUT2D eigenvalue weighted by Crippen LogP contribution is 2.08. The number of hydrogen-bond donors (Lipinski definition) is 2. The molecule has 6 nitrogen and oxygen atoms in total. The van der Waals surface area contributed by atoms with E-state index in [9.17, 15) is 14.0 Å². The SMILES string of the molecule is Cc1cc(NC(=O)CSCC(=O)NCc2ccc(F)cc2)no1. The molecule has 1 aromatic heterocycles. The van der Waals surface area contributed by atoms with Crippen molar-refractivity contribution in [3.63, 3.8) is 0 Å². The third-order valence-corrected chi connectivity index (χ3v) is 3.70.